The standard InChI is InChI=1S/C20H23NO3/c1-3-23-19-7-5-4-6-17(19)10-13-20(22)21-14-15-24-18-11-8-16(2)9-12-18/h4-13H,3,14-15H2,1-2H3,(H,21,22)/b13-10+. The van der Waals surface area contributed by atoms with Gasteiger partial charge < -0.3 is 14.8 Å². The van der Waals surface area contributed by atoms with E-state index < -0.39 is 0 Å². The zero-order valence-electron chi connectivity index (χ0n) is 14.1. The molecule has 4 nitrogen and oxygen atoms in total. The Kier molecular flexibility index (Phi) is 6.90. The highest BCUT2D eigenvalue weighted by atomic mass is 16.5. The van der Waals surface area contributed by atoms with Gasteiger partial charge in [0.15, 0.2) is 0 Å². The van der Waals surface area contributed by atoms with E-state index in [9.17, 15) is 4.79 Å². The summed E-state index contributed by atoms with van der Waals surface area (Å²) in [6.45, 7) is 5.43. The third-order valence-corrected chi connectivity index (χ3v) is 3.32. The molecule has 0 unspecified atom stereocenters. The zero-order chi connectivity index (χ0) is 17.2. The van der Waals surface area contributed by atoms with Crippen molar-refractivity contribution < 1.29 is 14.3 Å². The Morgan fingerprint density at radius 2 is 1.83 bits per heavy atom. The second-order valence-electron chi connectivity index (χ2n) is 5.26. The van der Waals surface area contributed by atoms with Crippen LogP contribution in [0.15, 0.2) is 54.6 Å². The lowest BCUT2D eigenvalue weighted by atomic mass is 10.2. The Labute approximate surface area is 143 Å². The number of carbonyl (C=O) groups is 1. The Balaban J connectivity index is 1.76. The maximum absolute atomic E-state index is 11.8. The second kappa shape index (κ2) is 9.40. The lowest BCUT2D eigenvalue weighted by Gasteiger charge is -2.07. The van der Waals surface area contributed by atoms with Gasteiger partial charge in [0, 0.05) is 11.6 Å². The van der Waals surface area contributed by atoms with Crippen LogP contribution < -0.4 is 14.8 Å². The molecule has 126 valence electrons. The van der Waals surface area contributed by atoms with Gasteiger partial charge in [-0.15, -0.1) is 0 Å². The van der Waals surface area contributed by atoms with E-state index in [4.69, 9.17) is 9.47 Å². The third-order valence-electron chi connectivity index (χ3n) is 3.32. The van der Waals surface area contributed by atoms with Crippen LogP contribution in [0, 0.1) is 6.92 Å². The van der Waals surface area contributed by atoms with Crippen molar-refractivity contribution in [2.75, 3.05) is 19.8 Å². The van der Waals surface area contributed by atoms with E-state index in [1.807, 2.05) is 62.4 Å². The molecule has 0 radical (unpaired) electrons. The van der Waals surface area contributed by atoms with Crippen LogP contribution in [0.2, 0.25) is 0 Å². The van der Waals surface area contributed by atoms with E-state index >= 15 is 0 Å². The first-order chi connectivity index (χ1) is 11.7. The Hall–Kier alpha value is -2.75. The number of benzene rings is 2. The van der Waals surface area contributed by atoms with Crippen molar-refractivity contribution >= 4 is 12.0 Å². The monoisotopic (exact) mass is 325 g/mol. The van der Waals surface area contributed by atoms with Gasteiger partial charge in [-0.2, -0.15) is 0 Å². The van der Waals surface area contributed by atoms with Gasteiger partial charge in [-0.25, -0.2) is 0 Å². The van der Waals surface area contributed by atoms with Crippen molar-refractivity contribution in [3.05, 3.63) is 65.7 Å². The molecule has 0 atom stereocenters. The molecule has 24 heavy (non-hydrogen) atoms. The minimum atomic E-state index is -0.159. The Bertz CT molecular complexity index is 678. The molecule has 0 aliphatic heterocycles. The van der Waals surface area contributed by atoms with Crippen LogP contribution in [0.25, 0.3) is 6.08 Å². The molecule has 4 heteroatoms. The summed E-state index contributed by atoms with van der Waals surface area (Å²) in [5, 5.41) is 2.79. The quantitative estimate of drug-likeness (QED) is 0.596. The minimum absolute atomic E-state index is 0.159. The van der Waals surface area contributed by atoms with Crippen molar-refractivity contribution in [1.82, 2.24) is 5.32 Å². The van der Waals surface area contributed by atoms with E-state index in [2.05, 4.69) is 5.32 Å². The SMILES string of the molecule is CCOc1ccccc1/C=C/C(=O)NCCOc1ccc(C)cc1. The highest BCUT2D eigenvalue weighted by Gasteiger charge is 2.00. The predicted octanol–water partition coefficient (Wildman–Crippen LogP) is 3.60. The zero-order valence-corrected chi connectivity index (χ0v) is 14.1. The minimum Gasteiger partial charge on any atom is -0.493 e. The Morgan fingerprint density at radius 1 is 1.08 bits per heavy atom. The van der Waals surface area contributed by atoms with Crippen LogP contribution in [0.4, 0.5) is 0 Å². The summed E-state index contributed by atoms with van der Waals surface area (Å²) in [6, 6.07) is 15.4. The maximum atomic E-state index is 11.8. The molecule has 1 amide bonds. The van der Waals surface area contributed by atoms with E-state index in [0.29, 0.717) is 19.8 Å². The Morgan fingerprint density at radius 3 is 2.58 bits per heavy atom. The van der Waals surface area contributed by atoms with Crippen LogP contribution >= 0.6 is 0 Å². The fraction of sp³-hybridized carbons (Fsp3) is 0.250. The molecule has 0 spiro atoms. The van der Waals surface area contributed by atoms with Gasteiger partial charge in [0.1, 0.15) is 18.1 Å². The lowest BCUT2D eigenvalue weighted by molar-refractivity contribution is -0.116. The third kappa shape index (κ3) is 5.80. The smallest absolute Gasteiger partial charge is 0.244 e. The van der Waals surface area contributed by atoms with E-state index in [1.165, 1.54) is 11.6 Å². The van der Waals surface area contributed by atoms with Crippen LogP contribution in [0.5, 0.6) is 11.5 Å². The van der Waals surface area contributed by atoms with Crippen molar-refractivity contribution in [3.63, 3.8) is 0 Å². The van der Waals surface area contributed by atoms with Gasteiger partial charge in [-0.3, -0.25) is 4.79 Å². The van der Waals surface area contributed by atoms with Crippen LogP contribution in [0.3, 0.4) is 0 Å². The highest BCUT2D eigenvalue weighted by molar-refractivity contribution is 5.92. The summed E-state index contributed by atoms with van der Waals surface area (Å²) < 4.78 is 11.1. The molecule has 0 heterocycles. The van der Waals surface area contributed by atoms with Crippen LogP contribution in [-0.2, 0) is 4.79 Å². The first-order valence-electron chi connectivity index (χ1n) is 8.06. The maximum Gasteiger partial charge on any atom is 0.244 e. The average Bonchev–Trinajstić information content (AvgIpc) is 2.60. The van der Waals surface area contributed by atoms with Crippen LogP contribution in [-0.4, -0.2) is 25.7 Å². The van der Waals surface area contributed by atoms with Crippen molar-refractivity contribution in [3.8, 4) is 11.5 Å². The number of hydrogen-bond acceptors (Lipinski definition) is 3. The number of nitrogens with one attached hydrogen (secondary N) is 1. The predicted molar refractivity (Wildman–Crippen MR) is 96.3 cm³/mol. The van der Waals surface area contributed by atoms with Crippen molar-refractivity contribution in [2.24, 2.45) is 0 Å². The number of rotatable bonds is 8. The molecule has 0 saturated heterocycles. The molecule has 0 bridgehead atoms. The van der Waals surface area contributed by atoms with Crippen LogP contribution in [0.1, 0.15) is 18.1 Å². The molecule has 2 rings (SSSR count). The summed E-state index contributed by atoms with van der Waals surface area (Å²) in [5.41, 5.74) is 2.07. The fourth-order valence-electron chi connectivity index (χ4n) is 2.11. The van der Waals surface area contributed by atoms with E-state index in [-0.39, 0.29) is 5.91 Å². The summed E-state index contributed by atoms with van der Waals surface area (Å²) >= 11 is 0. The molecule has 1 N–H and O–H groups in total. The van der Waals surface area contributed by atoms with Gasteiger partial charge >= 0.3 is 0 Å². The molecule has 0 aliphatic rings. The number of amides is 1. The van der Waals surface area contributed by atoms with Gasteiger partial charge in [0.2, 0.25) is 5.91 Å². The molecule has 0 aliphatic carbocycles. The molecule has 2 aromatic rings. The summed E-state index contributed by atoms with van der Waals surface area (Å²) in [5.74, 6) is 1.41. The van der Waals surface area contributed by atoms with Gasteiger partial charge in [-0.05, 0) is 38.1 Å². The number of para-hydroxylation sites is 1. The van der Waals surface area contributed by atoms with Gasteiger partial charge in [0.05, 0.1) is 13.2 Å². The first kappa shape index (κ1) is 17.6. The van der Waals surface area contributed by atoms with Crippen molar-refractivity contribution in [2.45, 2.75) is 13.8 Å². The number of ether oxygens (including phenoxy) is 2. The first-order valence-corrected chi connectivity index (χ1v) is 8.06. The molecular formula is C20H23NO3. The molecule has 0 aromatic heterocycles. The number of hydrogen-bond donors (Lipinski definition) is 1. The molecule has 0 saturated carbocycles. The summed E-state index contributed by atoms with van der Waals surface area (Å²) in [6.07, 6.45) is 3.25. The average molecular weight is 325 g/mol. The van der Waals surface area contributed by atoms with Gasteiger partial charge in [-0.1, -0.05) is 35.9 Å². The normalized spacial score (nSPS) is 10.6. The molecular weight excluding hydrogens is 302 g/mol. The second-order valence-corrected chi connectivity index (χ2v) is 5.26. The van der Waals surface area contributed by atoms with Gasteiger partial charge in [0.25, 0.3) is 0 Å². The van der Waals surface area contributed by atoms with Crippen molar-refractivity contribution in [1.29, 1.82) is 0 Å². The number of aryl methyl sites for hydroxylation is 1. The molecule has 2 aromatic carbocycles. The highest BCUT2D eigenvalue weighted by Crippen LogP contribution is 2.19. The fourth-order valence-corrected chi connectivity index (χ4v) is 2.11. The summed E-state index contributed by atoms with van der Waals surface area (Å²) in [7, 11) is 0. The lowest BCUT2D eigenvalue weighted by Crippen LogP contribution is -2.26. The van der Waals surface area contributed by atoms with E-state index in [1.54, 1.807) is 6.08 Å². The van der Waals surface area contributed by atoms with E-state index in [0.717, 1.165) is 17.1 Å². The largest absolute Gasteiger partial charge is 0.493 e. The topological polar surface area (TPSA) is 47.6 Å². The number of carbonyl (C=O) groups excluding carboxylic acids is 1. The summed E-state index contributed by atoms with van der Waals surface area (Å²) in [4.78, 5) is 11.8. The molecule has 0 fully saturated rings.